The van der Waals surface area contributed by atoms with Crippen molar-refractivity contribution in [3.05, 3.63) is 29.7 Å². The molecule has 3 N–H and O–H groups in total. The average Bonchev–Trinajstić information content (AvgIpc) is 3.29. The highest BCUT2D eigenvalue weighted by atomic mass is 16.1. The van der Waals surface area contributed by atoms with Crippen molar-refractivity contribution in [2.24, 2.45) is 5.73 Å². The number of hydrogen-bond acceptors (Lipinski definition) is 4. The second kappa shape index (κ2) is 4.74. The molecule has 0 saturated heterocycles. The second-order valence-electron chi connectivity index (χ2n) is 5.26. The Bertz CT molecular complexity index is 772. The van der Waals surface area contributed by atoms with E-state index in [0.717, 1.165) is 36.0 Å². The fourth-order valence-electron chi connectivity index (χ4n) is 2.57. The first-order chi connectivity index (χ1) is 10.1. The number of rotatable bonds is 4. The minimum absolute atomic E-state index is 0.322. The molecule has 1 amide bonds. The molecule has 5 nitrogen and oxygen atoms in total. The van der Waals surface area contributed by atoms with E-state index >= 15 is 0 Å². The number of hydrogen-bond donors (Lipinski definition) is 2. The highest BCUT2D eigenvalue weighted by molar-refractivity contribution is 5.97. The molecule has 0 atom stereocenters. The maximum Gasteiger partial charge on any atom is 0.229 e. The predicted molar refractivity (Wildman–Crippen MR) is 81.7 cm³/mol. The maximum atomic E-state index is 11.7. The number of pyridine rings is 2. The van der Waals surface area contributed by atoms with Crippen LogP contribution in [0, 0.1) is 12.3 Å². The smallest absolute Gasteiger partial charge is 0.229 e. The molecule has 0 spiro atoms. The van der Waals surface area contributed by atoms with Crippen molar-refractivity contribution in [1.29, 1.82) is 0 Å². The lowest BCUT2D eigenvalue weighted by atomic mass is 9.98. The van der Waals surface area contributed by atoms with Gasteiger partial charge in [-0.05, 0) is 25.8 Å². The summed E-state index contributed by atoms with van der Waals surface area (Å²) in [6.45, 7) is 2.75. The number of primary amides is 1. The highest BCUT2D eigenvalue weighted by Crippen LogP contribution is 2.47. The molecule has 2 aromatic heterocycles. The Morgan fingerprint density at radius 1 is 1.43 bits per heavy atom. The number of nitrogens with two attached hydrogens (primary N) is 1. The molecule has 0 unspecified atom stereocenters. The fraction of sp³-hybridized carbons (Fsp3) is 0.312. The molecule has 0 aliphatic heterocycles. The Balaban J connectivity index is 2.21. The van der Waals surface area contributed by atoms with Gasteiger partial charge in [0.15, 0.2) is 0 Å². The van der Waals surface area contributed by atoms with Crippen molar-refractivity contribution in [1.82, 2.24) is 9.97 Å². The number of anilines is 1. The topological polar surface area (TPSA) is 80.9 Å². The van der Waals surface area contributed by atoms with Crippen LogP contribution in [0.5, 0.6) is 0 Å². The van der Waals surface area contributed by atoms with E-state index in [1.54, 1.807) is 12.4 Å². The third kappa shape index (κ3) is 2.00. The number of fused-ring (bicyclic) bond motifs is 1. The van der Waals surface area contributed by atoms with Gasteiger partial charge in [0.1, 0.15) is 5.82 Å². The number of amides is 1. The van der Waals surface area contributed by atoms with Gasteiger partial charge in [-0.2, -0.15) is 0 Å². The number of nitrogens with one attached hydrogen (secondary N) is 1. The highest BCUT2D eigenvalue weighted by Gasteiger charge is 2.51. The Morgan fingerprint density at radius 3 is 2.76 bits per heavy atom. The van der Waals surface area contributed by atoms with Gasteiger partial charge in [0.2, 0.25) is 5.91 Å². The molecular weight excluding hydrogens is 264 g/mol. The number of aromatic nitrogens is 2. The summed E-state index contributed by atoms with van der Waals surface area (Å²) in [5.41, 5.74) is 6.30. The lowest BCUT2D eigenvalue weighted by Crippen LogP contribution is -2.29. The van der Waals surface area contributed by atoms with Crippen LogP contribution < -0.4 is 11.1 Å². The molecule has 2 heterocycles. The molecule has 2 aromatic rings. The molecule has 21 heavy (non-hydrogen) atoms. The quantitative estimate of drug-likeness (QED) is 0.833. The lowest BCUT2D eigenvalue weighted by Gasteiger charge is -2.13. The van der Waals surface area contributed by atoms with E-state index in [-0.39, 0.29) is 5.91 Å². The Labute approximate surface area is 123 Å². The van der Waals surface area contributed by atoms with Crippen molar-refractivity contribution < 1.29 is 4.79 Å². The standard InChI is InChI=1S/C16H16N4O/c1-3-10-8-20-14(18-4-2)12-9-19-13(7-11(10)12)16(5-6-16)15(17)21/h1,7-9H,4-6H2,2H3,(H2,17,21)(H,18,20). The first-order valence-corrected chi connectivity index (χ1v) is 6.92. The molecule has 1 fully saturated rings. The van der Waals surface area contributed by atoms with E-state index in [0.29, 0.717) is 11.3 Å². The minimum atomic E-state index is -0.609. The normalized spacial score (nSPS) is 15.4. The van der Waals surface area contributed by atoms with E-state index in [4.69, 9.17) is 12.2 Å². The van der Waals surface area contributed by atoms with Crippen molar-refractivity contribution in [3.63, 3.8) is 0 Å². The molecule has 0 radical (unpaired) electrons. The van der Waals surface area contributed by atoms with Crippen molar-refractivity contribution >= 4 is 22.5 Å². The molecule has 5 heteroatoms. The van der Waals surface area contributed by atoms with E-state index in [1.165, 1.54) is 0 Å². The molecule has 1 aliphatic rings. The van der Waals surface area contributed by atoms with Gasteiger partial charge >= 0.3 is 0 Å². The molecule has 1 aliphatic carbocycles. The second-order valence-corrected chi connectivity index (χ2v) is 5.26. The van der Waals surface area contributed by atoms with E-state index in [2.05, 4.69) is 21.2 Å². The van der Waals surface area contributed by atoms with E-state index in [9.17, 15) is 4.79 Å². The zero-order valence-corrected chi connectivity index (χ0v) is 11.8. The maximum absolute atomic E-state index is 11.7. The zero-order valence-electron chi connectivity index (χ0n) is 11.8. The van der Waals surface area contributed by atoms with Crippen molar-refractivity contribution in [2.75, 3.05) is 11.9 Å². The van der Waals surface area contributed by atoms with Gasteiger partial charge in [0.25, 0.3) is 0 Å². The number of terminal acetylenes is 1. The van der Waals surface area contributed by atoms with Crippen molar-refractivity contribution in [3.8, 4) is 12.3 Å². The summed E-state index contributed by atoms with van der Waals surface area (Å²) < 4.78 is 0. The van der Waals surface area contributed by atoms with E-state index < -0.39 is 5.41 Å². The average molecular weight is 280 g/mol. The molecular formula is C16H16N4O. The van der Waals surface area contributed by atoms with Crippen LogP contribution >= 0.6 is 0 Å². The van der Waals surface area contributed by atoms with Crippen LogP contribution in [0.2, 0.25) is 0 Å². The summed E-state index contributed by atoms with van der Waals surface area (Å²) in [6, 6.07) is 1.88. The van der Waals surface area contributed by atoms with Crippen LogP contribution in [-0.2, 0) is 10.2 Å². The predicted octanol–water partition coefficient (Wildman–Crippen LogP) is 1.56. The largest absolute Gasteiger partial charge is 0.370 e. The monoisotopic (exact) mass is 280 g/mol. The molecule has 1 saturated carbocycles. The number of nitrogens with zero attached hydrogens (tertiary/aromatic N) is 2. The molecule has 3 rings (SSSR count). The molecule has 0 aromatic carbocycles. The Morgan fingerprint density at radius 2 is 2.19 bits per heavy atom. The van der Waals surface area contributed by atoms with Crippen LogP contribution in [-0.4, -0.2) is 22.4 Å². The van der Waals surface area contributed by atoms with Crippen LogP contribution in [0.1, 0.15) is 31.0 Å². The summed E-state index contributed by atoms with van der Waals surface area (Å²) in [5.74, 6) is 3.06. The van der Waals surface area contributed by atoms with Crippen LogP contribution in [0.3, 0.4) is 0 Å². The van der Waals surface area contributed by atoms with E-state index in [1.807, 2.05) is 13.0 Å². The molecule has 106 valence electrons. The van der Waals surface area contributed by atoms with Gasteiger partial charge in [-0.15, -0.1) is 6.42 Å². The SMILES string of the molecule is C#Cc1cnc(NCC)c2cnc(C3(C(N)=O)CC3)cc12. The first-order valence-electron chi connectivity index (χ1n) is 6.92. The summed E-state index contributed by atoms with van der Waals surface area (Å²) in [7, 11) is 0. The lowest BCUT2D eigenvalue weighted by molar-refractivity contribution is -0.120. The summed E-state index contributed by atoms with van der Waals surface area (Å²) in [6.07, 6.45) is 10.4. The van der Waals surface area contributed by atoms with Crippen LogP contribution in [0.4, 0.5) is 5.82 Å². The minimum Gasteiger partial charge on any atom is -0.370 e. The number of carbonyl (C=O) groups excluding carboxylic acids is 1. The van der Waals surface area contributed by atoms with Gasteiger partial charge in [-0.25, -0.2) is 4.98 Å². The van der Waals surface area contributed by atoms with Gasteiger partial charge in [0, 0.05) is 29.7 Å². The van der Waals surface area contributed by atoms with Gasteiger partial charge < -0.3 is 11.1 Å². The molecule has 0 bridgehead atoms. The number of carbonyl (C=O) groups is 1. The van der Waals surface area contributed by atoms with Crippen LogP contribution in [0.25, 0.3) is 10.8 Å². The summed E-state index contributed by atoms with van der Waals surface area (Å²) >= 11 is 0. The summed E-state index contributed by atoms with van der Waals surface area (Å²) in [4.78, 5) is 20.4. The third-order valence-electron chi connectivity index (χ3n) is 3.98. The first kappa shape index (κ1) is 13.4. The van der Waals surface area contributed by atoms with Gasteiger partial charge in [-0.3, -0.25) is 9.78 Å². The Kier molecular flexibility index (Phi) is 3.02. The third-order valence-corrected chi connectivity index (χ3v) is 3.98. The Hall–Kier alpha value is -2.61. The van der Waals surface area contributed by atoms with Crippen LogP contribution in [0.15, 0.2) is 18.5 Å². The van der Waals surface area contributed by atoms with Gasteiger partial charge in [0.05, 0.1) is 16.7 Å². The zero-order chi connectivity index (χ0) is 15.0. The van der Waals surface area contributed by atoms with Gasteiger partial charge in [-0.1, -0.05) is 5.92 Å². The summed E-state index contributed by atoms with van der Waals surface area (Å²) in [5, 5.41) is 4.92. The van der Waals surface area contributed by atoms with Crippen molar-refractivity contribution in [2.45, 2.75) is 25.2 Å². The fourth-order valence-corrected chi connectivity index (χ4v) is 2.57.